The van der Waals surface area contributed by atoms with Gasteiger partial charge in [0.25, 0.3) is 0 Å². The number of rotatable bonds is 0. The Morgan fingerprint density at radius 3 is 1.71 bits per heavy atom. The fourth-order valence-electron chi connectivity index (χ4n) is 0.615. The summed E-state index contributed by atoms with van der Waals surface area (Å²) in [4.78, 5) is 0. The van der Waals surface area contributed by atoms with Gasteiger partial charge in [0.05, 0.1) is 13.3 Å². The zero-order valence-electron chi connectivity index (χ0n) is 4.81. The zero-order valence-corrected chi connectivity index (χ0v) is 4.81. The summed E-state index contributed by atoms with van der Waals surface area (Å²) in [6.45, 7) is 1.97. The highest BCUT2D eigenvalue weighted by atomic mass is 15.7. The minimum absolute atomic E-state index is 0.983. The van der Waals surface area contributed by atoms with E-state index >= 15 is 0 Å². The molecule has 0 saturated carbocycles. The summed E-state index contributed by atoms with van der Waals surface area (Å²) in [5, 5.41) is 7.42. The van der Waals surface area contributed by atoms with Crippen molar-refractivity contribution in [1.82, 2.24) is 15.3 Å². The van der Waals surface area contributed by atoms with Crippen molar-refractivity contribution in [3.05, 3.63) is 0 Å². The first-order chi connectivity index (χ1) is 3.30. The van der Waals surface area contributed by atoms with Crippen LogP contribution in [0.5, 0.6) is 0 Å². The van der Waals surface area contributed by atoms with Crippen LogP contribution in [0.2, 0.25) is 0 Å². The number of nitrogens with zero attached hydrogens (tertiary/aromatic N) is 2. The van der Waals surface area contributed by atoms with Crippen LogP contribution >= 0.6 is 0 Å². The first-order valence-corrected chi connectivity index (χ1v) is 2.43. The molecular weight excluding hydrogens is 90.1 g/mol. The topological polar surface area (TPSA) is 18.5 Å². The minimum atomic E-state index is 0.983. The predicted molar refractivity (Wildman–Crippen MR) is 28.4 cm³/mol. The van der Waals surface area contributed by atoms with E-state index in [1.165, 1.54) is 0 Å². The molecule has 0 spiro atoms. The molecule has 0 atom stereocenters. The molecule has 1 N–H and O–H groups in total. The fourth-order valence-corrected chi connectivity index (χ4v) is 0.615. The lowest BCUT2D eigenvalue weighted by Gasteiger charge is -2.15. The number of nitrogens with one attached hydrogen (secondary N) is 1. The maximum absolute atomic E-state index is 3.17. The Morgan fingerprint density at radius 2 is 1.57 bits per heavy atom. The van der Waals surface area contributed by atoms with Crippen LogP contribution in [0.15, 0.2) is 0 Å². The van der Waals surface area contributed by atoms with Gasteiger partial charge in [-0.2, -0.15) is 0 Å². The molecule has 1 rings (SSSR count). The van der Waals surface area contributed by atoms with Gasteiger partial charge in [0.2, 0.25) is 0 Å². The SMILES string of the molecule is CN1CNCN1C. The van der Waals surface area contributed by atoms with Crippen molar-refractivity contribution in [3.8, 4) is 0 Å². The lowest BCUT2D eigenvalue weighted by atomic mass is 11.0. The number of hydrogen-bond acceptors (Lipinski definition) is 3. The van der Waals surface area contributed by atoms with Crippen LogP contribution < -0.4 is 5.32 Å². The average Bonchev–Trinajstić information content (AvgIpc) is 1.91. The molecule has 7 heavy (non-hydrogen) atoms. The monoisotopic (exact) mass is 101 g/mol. The lowest BCUT2D eigenvalue weighted by Crippen LogP contribution is -2.28. The van der Waals surface area contributed by atoms with Crippen LogP contribution in [0.1, 0.15) is 0 Å². The molecule has 1 saturated heterocycles. The van der Waals surface area contributed by atoms with Crippen molar-refractivity contribution in [2.45, 2.75) is 0 Å². The second kappa shape index (κ2) is 1.78. The summed E-state index contributed by atoms with van der Waals surface area (Å²) in [7, 11) is 4.11. The van der Waals surface area contributed by atoms with Crippen LogP contribution in [0, 0.1) is 0 Å². The van der Waals surface area contributed by atoms with E-state index < -0.39 is 0 Å². The van der Waals surface area contributed by atoms with Gasteiger partial charge in [-0.05, 0) is 0 Å². The summed E-state index contributed by atoms with van der Waals surface area (Å²) in [5.74, 6) is 0. The molecular formula is C4H11N3. The standard InChI is InChI=1S/C4H11N3/c1-6-3-5-4-7(6)2/h5H,3-4H2,1-2H3. The van der Waals surface area contributed by atoms with Crippen LogP contribution in [0.3, 0.4) is 0 Å². The van der Waals surface area contributed by atoms with Crippen molar-refractivity contribution in [2.24, 2.45) is 0 Å². The van der Waals surface area contributed by atoms with Crippen LogP contribution in [0.25, 0.3) is 0 Å². The van der Waals surface area contributed by atoms with Crippen molar-refractivity contribution in [2.75, 3.05) is 27.4 Å². The molecule has 0 aromatic carbocycles. The molecule has 3 nitrogen and oxygen atoms in total. The van der Waals surface area contributed by atoms with Crippen molar-refractivity contribution in [3.63, 3.8) is 0 Å². The van der Waals surface area contributed by atoms with Gasteiger partial charge in [0.1, 0.15) is 0 Å². The molecule has 0 aliphatic carbocycles. The van der Waals surface area contributed by atoms with Gasteiger partial charge >= 0.3 is 0 Å². The van der Waals surface area contributed by atoms with Gasteiger partial charge in [-0.25, -0.2) is 10.0 Å². The summed E-state index contributed by atoms with van der Waals surface area (Å²) in [6, 6.07) is 0. The lowest BCUT2D eigenvalue weighted by molar-refractivity contribution is 0.0894. The van der Waals surface area contributed by atoms with Crippen molar-refractivity contribution >= 4 is 0 Å². The maximum Gasteiger partial charge on any atom is 0.0630 e. The van der Waals surface area contributed by atoms with Gasteiger partial charge in [-0.15, -0.1) is 0 Å². The molecule has 0 unspecified atom stereocenters. The largest absolute Gasteiger partial charge is 0.289 e. The smallest absolute Gasteiger partial charge is 0.0630 e. The van der Waals surface area contributed by atoms with E-state index in [0.717, 1.165) is 13.3 Å². The van der Waals surface area contributed by atoms with Crippen LogP contribution in [0.4, 0.5) is 0 Å². The van der Waals surface area contributed by atoms with Gasteiger partial charge < -0.3 is 0 Å². The third kappa shape index (κ3) is 0.907. The first-order valence-electron chi connectivity index (χ1n) is 2.43. The van der Waals surface area contributed by atoms with E-state index in [4.69, 9.17) is 0 Å². The highest BCUT2D eigenvalue weighted by molar-refractivity contribution is 4.52. The Hall–Kier alpha value is -0.120. The van der Waals surface area contributed by atoms with Gasteiger partial charge in [-0.3, -0.25) is 5.32 Å². The third-order valence-electron chi connectivity index (χ3n) is 1.26. The van der Waals surface area contributed by atoms with E-state index in [9.17, 15) is 0 Å². The molecule has 1 aliphatic heterocycles. The molecule has 42 valence electrons. The second-order valence-corrected chi connectivity index (χ2v) is 1.88. The Labute approximate surface area is 43.9 Å². The van der Waals surface area contributed by atoms with E-state index in [0.29, 0.717) is 0 Å². The Balaban J connectivity index is 2.33. The highest BCUT2D eigenvalue weighted by Crippen LogP contribution is 1.91. The second-order valence-electron chi connectivity index (χ2n) is 1.88. The van der Waals surface area contributed by atoms with E-state index in [2.05, 4.69) is 29.4 Å². The summed E-state index contributed by atoms with van der Waals surface area (Å²) >= 11 is 0. The Morgan fingerprint density at radius 1 is 1.14 bits per heavy atom. The molecule has 0 amide bonds. The van der Waals surface area contributed by atoms with Crippen molar-refractivity contribution < 1.29 is 0 Å². The average molecular weight is 101 g/mol. The number of hydrogen-bond donors (Lipinski definition) is 1. The third-order valence-corrected chi connectivity index (χ3v) is 1.26. The highest BCUT2D eigenvalue weighted by Gasteiger charge is 2.09. The molecule has 1 fully saturated rings. The van der Waals surface area contributed by atoms with Crippen LogP contribution in [-0.4, -0.2) is 37.5 Å². The van der Waals surface area contributed by atoms with Crippen molar-refractivity contribution in [1.29, 1.82) is 0 Å². The fraction of sp³-hybridized carbons (Fsp3) is 1.00. The molecule has 0 aromatic rings. The van der Waals surface area contributed by atoms with E-state index in [1.54, 1.807) is 0 Å². The normalized spacial score (nSPS) is 26.6. The van der Waals surface area contributed by atoms with E-state index in [-0.39, 0.29) is 0 Å². The summed E-state index contributed by atoms with van der Waals surface area (Å²) < 4.78 is 0. The van der Waals surface area contributed by atoms with Gasteiger partial charge in [0.15, 0.2) is 0 Å². The molecule has 1 aliphatic rings. The Kier molecular flexibility index (Phi) is 1.27. The molecule has 3 heteroatoms. The maximum atomic E-state index is 3.17. The molecule has 0 aromatic heterocycles. The quantitative estimate of drug-likeness (QED) is 0.434. The minimum Gasteiger partial charge on any atom is -0.289 e. The summed E-state index contributed by atoms with van der Waals surface area (Å²) in [5.41, 5.74) is 0. The van der Waals surface area contributed by atoms with E-state index in [1.807, 2.05) is 0 Å². The van der Waals surface area contributed by atoms with Crippen LogP contribution in [-0.2, 0) is 0 Å². The predicted octanol–water partition coefficient (Wildman–Crippen LogP) is -0.717. The molecule has 0 bridgehead atoms. The first kappa shape index (κ1) is 5.03. The molecule has 0 radical (unpaired) electrons. The van der Waals surface area contributed by atoms with Gasteiger partial charge in [-0.1, -0.05) is 0 Å². The number of hydrazine groups is 1. The molecule has 1 heterocycles. The Bertz CT molecular complexity index is 56.0. The van der Waals surface area contributed by atoms with Gasteiger partial charge in [0, 0.05) is 14.1 Å². The summed E-state index contributed by atoms with van der Waals surface area (Å²) in [6.07, 6.45) is 0. The zero-order chi connectivity index (χ0) is 5.28.